The Labute approximate surface area is 248 Å². The van der Waals surface area contributed by atoms with Crippen molar-refractivity contribution in [2.24, 2.45) is 0 Å². The molecule has 1 N–H and O–H groups in total. The van der Waals surface area contributed by atoms with Crippen molar-refractivity contribution in [2.45, 2.75) is 63.5 Å². The molecule has 0 spiro atoms. The van der Waals surface area contributed by atoms with Gasteiger partial charge in [0.1, 0.15) is 18.4 Å². The van der Waals surface area contributed by atoms with Gasteiger partial charge < -0.3 is 24.8 Å². The first kappa shape index (κ1) is 30.5. The van der Waals surface area contributed by atoms with Crippen molar-refractivity contribution in [2.75, 3.05) is 46.9 Å². The Balaban J connectivity index is 1.42. The Kier molecular flexibility index (Phi) is 11.0. The lowest BCUT2D eigenvalue weighted by Gasteiger charge is -2.35. The number of nitrogens with zero attached hydrogens (tertiary/aromatic N) is 3. The minimum absolute atomic E-state index is 0.0368. The Morgan fingerprint density at radius 3 is 2.25 bits per heavy atom. The summed E-state index contributed by atoms with van der Waals surface area (Å²) in [5.74, 6) is 1.06. The monoisotopic (exact) mass is 588 g/mol. The summed E-state index contributed by atoms with van der Waals surface area (Å²) in [5.41, 5.74) is 2.11. The number of rotatable bonds is 10. The van der Waals surface area contributed by atoms with Gasteiger partial charge in [-0.25, -0.2) is 4.79 Å². The van der Waals surface area contributed by atoms with E-state index in [9.17, 15) is 9.59 Å². The van der Waals surface area contributed by atoms with Crippen LogP contribution in [-0.4, -0.2) is 85.6 Å². The summed E-state index contributed by atoms with van der Waals surface area (Å²) in [6.45, 7) is 5.47. The van der Waals surface area contributed by atoms with E-state index < -0.39 is 6.04 Å². The van der Waals surface area contributed by atoms with Crippen LogP contribution >= 0.6 is 23.2 Å². The average molecular weight is 590 g/mol. The van der Waals surface area contributed by atoms with Gasteiger partial charge in [-0.2, -0.15) is 0 Å². The average Bonchev–Trinajstić information content (AvgIpc) is 3.49. The first-order valence-corrected chi connectivity index (χ1v) is 15.2. The molecule has 0 radical (unpaired) electrons. The quantitative estimate of drug-likeness (QED) is 0.379. The predicted molar refractivity (Wildman–Crippen MR) is 162 cm³/mol. The van der Waals surface area contributed by atoms with E-state index in [4.69, 9.17) is 27.9 Å². The highest BCUT2D eigenvalue weighted by molar-refractivity contribution is 6.31. The molecule has 0 bridgehead atoms. The summed E-state index contributed by atoms with van der Waals surface area (Å²) >= 11 is 12.4. The molecule has 0 unspecified atom stereocenters. The standard InChI is InChI=1S/C31H42Cl2N4O3/c1-4-26(35(2)3)21-40-29-20-25(33)11-12-27(29)23-13-17-36(18-14-23)30(38)28(19-22-7-9-24(32)10-8-22)34-31(39)37-15-5-6-16-37/h7-12,20,23,26,28H,4-6,13-19,21H2,1-3H3,(H,34,39)/t26-,28-/m1/s1. The van der Waals surface area contributed by atoms with E-state index in [-0.39, 0.29) is 17.9 Å². The SMILES string of the molecule is CC[C@H](COc1cc(Cl)ccc1C1CCN(C(=O)[C@@H](Cc2ccc(Cl)cc2)NC(=O)N2CCCC2)CC1)N(C)C. The number of nitrogens with one attached hydrogen (secondary N) is 1. The van der Waals surface area contributed by atoms with Crippen LogP contribution in [0.4, 0.5) is 4.79 Å². The molecular weight excluding hydrogens is 547 g/mol. The minimum atomic E-state index is -0.628. The maximum Gasteiger partial charge on any atom is 0.318 e. The van der Waals surface area contributed by atoms with Crippen molar-refractivity contribution in [3.63, 3.8) is 0 Å². The normalized spacial score (nSPS) is 17.6. The van der Waals surface area contributed by atoms with Crippen LogP contribution < -0.4 is 10.1 Å². The number of likely N-dealkylation sites (tertiary alicyclic amines) is 2. The molecule has 9 heteroatoms. The van der Waals surface area contributed by atoms with Crippen molar-refractivity contribution in [1.29, 1.82) is 0 Å². The molecule has 2 heterocycles. The Morgan fingerprint density at radius 1 is 0.975 bits per heavy atom. The van der Waals surface area contributed by atoms with E-state index in [1.54, 1.807) is 4.90 Å². The third-order valence-electron chi connectivity index (χ3n) is 8.20. The lowest BCUT2D eigenvalue weighted by molar-refractivity contribution is -0.134. The van der Waals surface area contributed by atoms with Gasteiger partial charge in [-0.3, -0.25) is 4.79 Å². The molecule has 40 heavy (non-hydrogen) atoms. The second kappa shape index (κ2) is 14.4. The van der Waals surface area contributed by atoms with Crippen LogP contribution in [0.3, 0.4) is 0 Å². The van der Waals surface area contributed by atoms with Gasteiger partial charge in [0, 0.05) is 48.7 Å². The van der Waals surface area contributed by atoms with E-state index in [0.29, 0.717) is 42.2 Å². The van der Waals surface area contributed by atoms with Gasteiger partial charge in [-0.05, 0) is 87.5 Å². The van der Waals surface area contributed by atoms with Gasteiger partial charge in [0.25, 0.3) is 0 Å². The molecule has 0 aliphatic carbocycles. The molecule has 2 aliphatic rings. The number of benzene rings is 2. The first-order valence-electron chi connectivity index (χ1n) is 14.4. The number of hydrogen-bond donors (Lipinski definition) is 1. The molecule has 7 nitrogen and oxygen atoms in total. The number of amides is 3. The number of halogens is 2. The van der Waals surface area contributed by atoms with E-state index in [2.05, 4.69) is 37.3 Å². The topological polar surface area (TPSA) is 65.1 Å². The molecule has 2 aromatic carbocycles. The van der Waals surface area contributed by atoms with Crippen molar-refractivity contribution in [3.8, 4) is 5.75 Å². The van der Waals surface area contributed by atoms with Crippen LogP contribution in [0.15, 0.2) is 42.5 Å². The van der Waals surface area contributed by atoms with Gasteiger partial charge in [-0.1, -0.05) is 48.3 Å². The second-order valence-electron chi connectivity index (χ2n) is 11.1. The van der Waals surface area contributed by atoms with Crippen LogP contribution in [-0.2, 0) is 11.2 Å². The van der Waals surface area contributed by atoms with Gasteiger partial charge in [-0.15, -0.1) is 0 Å². The van der Waals surface area contributed by atoms with Gasteiger partial charge in [0.15, 0.2) is 0 Å². The minimum Gasteiger partial charge on any atom is -0.492 e. The maximum atomic E-state index is 13.8. The number of ether oxygens (including phenoxy) is 1. The van der Waals surface area contributed by atoms with E-state index in [1.807, 2.05) is 41.3 Å². The molecule has 2 saturated heterocycles. The summed E-state index contributed by atoms with van der Waals surface area (Å²) in [4.78, 5) is 32.6. The Hall–Kier alpha value is -2.48. The fourth-order valence-corrected chi connectivity index (χ4v) is 5.92. The Bertz CT molecular complexity index is 1130. The van der Waals surface area contributed by atoms with Gasteiger partial charge in [0.05, 0.1) is 0 Å². The predicted octanol–water partition coefficient (Wildman–Crippen LogP) is 5.84. The number of piperidine rings is 1. The zero-order valence-electron chi connectivity index (χ0n) is 23.9. The second-order valence-corrected chi connectivity index (χ2v) is 12.0. The third-order valence-corrected chi connectivity index (χ3v) is 8.68. The molecular formula is C31H42Cl2N4O3. The maximum absolute atomic E-state index is 13.8. The lowest BCUT2D eigenvalue weighted by atomic mass is 9.88. The van der Waals surface area contributed by atoms with E-state index >= 15 is 0 Å². The van der Waals surface area contributed by atoms with Crippen molar-refractivity contribution in [3.05, 3.63) is 63.6 Å². The summed E-state index contributed by atoms with van der Waals surface area (Å²) in [7, 11) is 4.13. The number of likely N-dealkylation sites (N-methyl/N-ethyl adjacent to an activating group) is 1. The summed E-state index contributed by atoms with van der Waals surface area (Å²) < 4.78 is 6.30. The third kappa shape index (κ3) is 8.05. The van der Waals surface area contributed by atoms with E-state index in [1.165, 1.54) is 0 Å². The van der Waals surface area contributed by atoms with E-state index in [0.717, 1.165) is 62.1 Å². The number of carbonyl (C=O) groups is 2. The Morgan fingerprint density at radius 2 is 1.62 bits per heavy atom. The summed E-state index contributed by atoms with van der Waals surface area (Å²) in [5, 5.41) is 4.34. The molecule has 2 fully saturated rings. The number of carbonyl (C=O) groups excluding carboxylic acids is 2. The van der Waals surface area contributed by atoms with Gasteiger partial charge >= 0.3 is 6.03 Å². The zero-order valence-corrected chi connectivity index (χ0v) is 25.4. The molecule has 0 saturated carbocycles. The number of urea groups is 1. The molecule has 218 valence electrons. The summed E-state index contributed by atoms with van der Waals surface area (Å²) in [6, 6.07) is 12.9. The van der Waals surface area contributed by atoms with Crippen LogP contribution in [0.1, 0.15) is 56.1 Å². The summed E-state index contributed by atoms with van der Waals surface area (Å²) in [6.07, 6.45) is 5.07. The van der Waals surface area contributed by atoms with Crippen molar-refractivity contribution >= 4 is 35.1 Å². The fourth-order valence-electron chi connectivity index (χ4n) is 5.64. The van der Waals surface area contributed by atoms with Crippen LogP contribution in [0, 0.1) is 0 Å². The molecule has 2 aromatic rings. The highest BCUT2D eigenvalue weighted by Gasteiger charge is 2.32. The van der Waals surface area contributed by atoms with Crippen LogP contribution in [0.5, 0.6) is 5.75 Å². The lowest BCUT2D eigenvalue weighted by Crippen LogP contribution is -2.54. The molecule has 0 aromatic heterocycles. The zero-order chi connectivity index (χ0) is 28.6. The largest absolute Gasteiger partial charge is 0.492 e. The van der Waals surface area contributed by atoms with Crippen LogP contribution in [0.25, 0.3) is 0 Å². The highest BCUT2D eigenvalue weighted by atomic mass is 35.5. The fraction of sp³-hybridized carbons (Fsp3) is 0.548. The van der Waals surface area contributed by atoms with Gasteiger partial charge in [0.2, 0.25) is 5.91 Å². The molecule has 4 rings (SSSR count). The highest BCUT2D eigenvalue weighted by Crippen LogP contribution is 2.36. The first-order chi connectivity index (χ1) is 19.2. The smallest absolute Gasteiger partial charge is 0.318 e. The van der Waals surface area contributed by atoms with Crippen molar-refractivity contribution in [1.82, 2.24) is 20.0 Å². The van der Waals surface area contributed by atoms with Crippen molar-refractivity contribution < 1.29 is 14.3 Å². The molecule has 2 aliphatic heterocycles. The van der Waals surface area contributed by atoms with Crippen LogP contribution in [0.2, 0.25) is 10.0 Å². The molecule has 2 atom stereocenters. The molecule has 3 amide bonds. The number of hydrogen-bond acceptors (Lipinski definition) is 4.